The number of hydrogen-bond donors (Lipinski definition) is 4. The lowest BCUT2D eigenvalue weighted by Crippen LogP contribution is -3.00. The summed E-state index contributed by atoms with van der Waals surface area (Å²) in [5.41, 5.74) is 9.12. The van der Waals surface area contributed by atoms with Gasteiger partial charge in [-0.15, -0.1) is 0 Å². The summed E-state index contributed by atoms with van der Waals surface area (Å²) < 4.78 is 22.0. The molecule has 1 unspecified atom stereocenters. The Bertz CT molecular complexity index is 2090. The summed E-state index contributed by atoms with van der Waals surface area (Å²) in [7, 11) is 0. The van der Waals surface area contributed by atoms with Crippen molar-refractivity contribution in [2.45, 2.75) is 88.9 Å². The number of imidazole rings is 1. The Morgan fingerprint density at radius 3 is 2.25 bits per heavy atom. The van der Waals surface area contributed by atoms with Crippen LogP contribution in [0.5, 0.6) is 0 Å². The van der Waals surface area contributed by atoms with Crippen LogP contribution >= 0.6 is 0 Å². The number of alkyl carbamates (subject to hydrolysis) is 1. The fourth-order valence-electron chi connectivity index (χ4n) is 9.05. The van der Waals surface area contributed by atoms with E-state index in [2.05, 4.69) is 75.7 Å². The van der Waals surface area contributed by atoms with Gasteiger partial charge in [0.15, 0.2) is 17.3 Å². The van der Waals surface area contributed by atoms with E-state index in [9.17, 15) is 20.1 Å². The van der Waals surface area contributed by atoms with Gasteiger partial charge in [0.2, 0.25) is 0 Å². The van der Waals surface area contributed by atoms with Crippen LogP contribution in [0.4, 0.5) is 4.79 Å². The van der Waals surface area contributed by atoms with E-state index in [4.69, 9.17) is 14.2 Å². The number of benzene rings is 4. The average molecular weight is 889 g/mol. The molecule has 0 radical (unpaired) electrons. The normalized spacial score (nSPS) is 21.0. The Morgan fingerprint density at radius 2 is 1.58 bits per heavy atom. The van der Waals surface area contributed by atoms with Crippen molar-refractivity contribution in [3.05, 3.63) is 125 Å². The Kier molecular flexibility index (Phi) is 13.3. The number of halogens is 1. The smallest absolute Gasteiger partial charge is 0.407 e. The van der Waals surface area contributed by atoms with Crippen molar-refractivity contribution < 1.29 is 62.9 Å². The van der Waals surface area contributed by atoms with Crippen LogP contribution in [0.1, 0.15) is 72.9 Å². The number of nitrogens with one attached hydrogen (secondary N) is 1. The van der Waals surface area contributed by atoms with Crippen LogP contribution < -0.4 is 33.9 Å². The summed E-state index contributed by atoms with van der Waals surface area (Å²) in [6, 6.07) is 32.8. The monoisotopic (exact) mass is 888 g/mol. The van der Waals surface area contributed by atoms with E-state index in [-0.39, 0.29) is 49.7 Å². The van der Waals surface area contributed by atoms with Crippen molar-refractivity contribution >= 4 is 17.1 Å². The van der Waals surface area contributed by atoms with Gasteiger partial charge in [0.25, 0.3) is 5.82 Å². The Labute approximate surface area is 351 Å². The molecule has 57 heavy (non-hydrogen) atoms. The first-order chi connectivity index (χ1) is 27.3. The van der Waals surface area contributed by atoms with Crippen molar-refractivity contribution in [3.63, 3.8) is 0 Å². The number of nitrogens with zero attached hydrogens (tertiary/aromatic N) is 3. The second-order valence-corrected chi connectivity index (χ2v) is 15.2. The maximum Gasteiger partial charge on any atom is 0.407 e. The van der Waals surface area contributed by atoms with Gasteiger partial charge >= 0.3 is 6.09 Å². The molecule has 0 bridgehead atoms. The molecule has 1 aromatic heterocycles. The van der Waals surface area contributed by atoms with Gasteiger partial charge < -0.3 is 63.7 Å². The first-order valence-corrected chi connectivity index (χ1v) is 20.1. The topological polar surface area (TPSA) is 130 Å². The summed E-state index contributed by atoms with van der Waals surface area (Å²) in [5, 5.41) is 35.8. The van der Waals surface area contributed by atoms with Crippen molar-refractivity contribution in [3.8, 4) is 11.1 Å². The molecule has 8 rings (SSSR count). The summed E-state index contributed by atoms with van der Waals surface area (Å²) in [4.78, 5) is 15.3. The minimum absolute atomic E-state index is 0. The van der Waals surface area contributed by atoms with Crippen LogP contribution in [0.15, 0.2) is 97.1 Å². The van der Waals surface area contributed by atoms with E-state index in [0.29, 0.717) is 12.5 Å². The van der Waals surface area contributed by atoms with Crippen LogP contribution in [0.3, 0.4) is 0 Å². The number of carbonyl (C=O) groups excluding carboxylic acids is 1. The second kappa shape index (κ2) is 18.4. The van der Waals surface area contributed by atoms with Gasteiger partial charge in [-0.3, -0.25) is 0 Å². The number of ether oxygens (including phenoxy) is 3. The lowest BCUT2D eigenvalue weighted by atomic mass is 9.89. The largest absolute Gasteiger partial charge is 1.00 e. The maximum atomic E-state index is 13.2. The first kappa shape index (κ1) is 41.3. The number of piperidine rings is 1. The number of rotatable bonds is 12. The highest BCUT2D eigenvalue weighted by molar-refractivity contribution is 5.79. The molecule has 1 amide bonds. The third-order valence-corrected chi connectivity index (χ3v) is 12.0. The molecular weight excluding hydrogens is 835 g/mol. The standard InChI is InChI=1S/C45H52N4O7.HI/c1-3-48-37-19-18-31(29-20-22-47(23-21-29)26-39(50)42(52)43-40(51)28-54-44(56-43)30-12-6-5-7-13-30)24-38(37)49(4-2)41(48)25-46-45(53)55-27-36-34-16-10-8-14-32(34)33-15-9-11-17-35(33)36;/h5-19,24,29,36,39-40,42-44,50-52H,3-4,20-23,25-28H2,1-2H3;1H/t39-,40+,42+,43+,44?;/m0./s1. The van der Waals surface area contributed by atoms with Crippen LogP contribution in [0, 0.1) is 0 Å². The summed E-state index contributed by atoms with van der Waals surface area (Å²) in [6.45, 7) is 8.24. The fraction of sp³-hybridized carbons (Fsp3) is 0.422. The molecule has 11 nitrogen and oxygen atoms in total. The Balaban J connectivity index is 0.00000496. The number of aryl methyl sites for hydroxylation is 2. The second-order valence-electron chi connectivity index (χ2n) is 15.2. The predicted octanol–water partition coefficient (Wildman–Crippen LogP) is 2.39. The van der Waals surface area contributed by atoms with Crippen molar-refractivity contribution in [1.82, 2.24) is 14.8 Å². The SMILES string of the molecule is CCn1c(CNC(=O)OCC2c3ccccc3-c3ccccc32)[n+](CC)c2ccc(C3CCN(C[C@H](O)[C@@H](O)[C@@H]4OC(c5ccccc5)OC[C@H]4O)CC3)cc21.[I-]. The lowest BCUT2D eigenvalue weighted by Gasteiger charge is -2.39. The van der Waals surface area contributed by atoms with E-state index in [0.717, 1.165) is 61.4 Å². The van der Waals surface area contributed by atoms with E-state index in [1.807, 2.05) is 54.6 Å². The number of hydrogen-bond acceptors (Lipinski definition) is 8. The number of carbonyl (C=O) groups is 1. The molecule has 4 aromatic carbocycles. The first-order valence-electron chi connectivity index (χ1n) is 20.1. The minimum Gasteiger partial charge on any atom is -1.00 e. The zero-order valence-electron chi connectivity index (χ0n) is 32.5. The molecule has 1 aliphatic carbocycles. The minimum atomic E-state index is -1.26. The molecule has 4 N–H and O–H groups in total. The summed E-state index contributed by atoms with van der Waals surface area (Å²) in [5.74, 6) is 1.38. The zero-order valence-corrected chi connectivity index (χ0v) is 34.7. The average Bonchev–Trinajstić information content (AvgIpc) is 3.73. The van der Waals surface area contributed by atoms with Crippen molar-refractivity contribution in [2.75, 3.05) is 32.8 Å². The predicted molar refractivity (Wildman–Crippen MR) is 212 cm³/mol. The molecule has 0 saturated carbocycles. The molecule has 3 heterocycles. The molecule has 12 heteroatoms. The van der Waals surface area contributed by atoms with Gasteiger partial charge in [-0.25, -0.2) is 13.9 Å². The number of β-amino-alcohol motifs (C(OH)–C–C–N with tert-alkyl or cyclic N) is 1. The molecule has 0 spiro atoms. The summed E-state index contributed by atoms with van der Waals surface area (Å²) in [6.07, 6.45) is -3.68. The number of amides is 1. The molecular formula is C45H53IN4O7. The molecule has 2 saturated heterocycles. The van der Waals surface area contributed by atoms with Gasteiger partial charge in [0, 0.05) is 18.0 Å². The maximum absolute atomic E-state index is 13.2. The highest BCUT2D eigenvalue weighted by Crippen LogP contribution is 2.44. The number of aromatic nitrogens is 2. The third kappa shape index (κ3) is 8.49. The Morgan fingerprint density at radius 1 is 0.912 bits per heavy atom. The fourth-order valence-corrected chi connectivity index (χ4v) is 9.05. The van der Waals surface area contributed by atoms with Crippen LogP contribution in [-0.4, -0.2) is 88.1 Å². The van der Waals surface area contributed by atoms with E-state index in [1.165, 1.54) is 27.8 Å². The third-order valence-electron chi connectivity index (χ3n) is 12.0. The lowest BCUT2D eigenvalue weighted by molar-refractivity contribution is -0.676. The number of fused-ring (bicyclic) bond motifs is 4. The molecule has 5 aromatic rings. The zero-order chi connectivity index (χ0) is 38.8. The van der Waals surface area contributed by atoms with Gasteiger partial charge in [0.05, 0.1) is 25.8 Å². The number of likely N-dealkylation sites (tertiary alicyclic amines) is 1. The molecule has 2 fully saturated rings. The van der Waals surface area contributed by atoms with Crippen LogP contribution in [0.2, 0.25) is 0 Å². The van der Waals surface area contributed by atoms with Crippen LogP contribution in [0.25, 0.3) is 22.2 Å². The van der Waals surface area contributed by atoms with Crippen LogP contribution in [-0.2, 0) is 33.8 Å². The van der Waals surface area contributed by atoms with E-state index >= 15 is 0 Å². The van der Waals surface area contributed by atoms with Gasteiger partial charge in [-0.05, 0) is 85.6 Å². The van der Waals surface area contributed by atoms with Gasteiger partial charge in [-0.1, -0.05) is 84.9 Å². The quantitative estimate of drug-likeness (QED) is 0.111. The van der Waals surface area contributed by atoms with Gasteiger partial charge in [0.1, 0.15) is 31.5 Å². The highest BCUT2D eigenvalue weighted by Gasteiger charge is 2.40. The van der Waals surface area contributed by atoms with E-state index in [1.54, 1.807) is 0 Å². The number of aliphatic hydroxyl groups excluding tert-OH is 3. The molecule has 2 aliphatic heterocycles. The summed E-state index contributed by atoms with van der Waals surface area (Å²) >= 11 is 0. The molecule has 3 aliphatic rings. The number of aliphatic hydroxyl groups is 3. The molecule has 5 atom stereocenters. The van der Waals surface area contributed by atoms with Crippen molar-refractivity contribution in [1.29, 1.82) is 0 Å². The van der Waals surface area contributed by atoms with E-state index < -0.39 is 36.8 Å². The highest BCUT2D eigenvalue weighted by atomic mass is 127. The van der Waals surface area contributed by atoms with Crippen molar-refractivity contribution in [2.24, 2.45) is 0 Å². The Hall–Kier alpha value is -3.89. The molecule has 302 valence electrons. The van der Waals surface area contributed by atoms with Gasteiger partial charge in [-0.2, -0.15) is 0 Å².